The monoisotopic (exact) mass is 219 g/mol. The van der Waals surface area contributed by atoms with Gasteiger partial charge in [0.1, 0.15) is 0 Å². The number of nitrogens with zero attached hydrogens (tertiary/aromatic N) is 1. The third kappa shape index (κ3) is 2.73. The molecule has 0 aromatic carbocycles. The molecule has 0 radical (unpaired) electrons. The molecule has 88 valence electrons. The maximum Gasteiger partial charge on any atom is 0.0541 e. The predicted octanol–water partition coefficient (Wildman–Crippen LogP) is 2.53. The second-order valence-corrected chi connectivity index (χ2v) is 5.49. The first-order chi connectivity index (χ1) is 7.59. The molecule has 3 heteroatoms. The molecule has 3 nitrogen and oxygen atoms in total. The molecule has 3 N–H and O–H groups in total. The lowest BCUT2D eigenvalue weighted by Crippen LogP contribution is -2.17. The standard InChI is InChI=1S/C13H21N3/c1-13(2)6-5-10(7-13)16-12-4-3-11(8-14)15-9-12/h3-4,9-10,16H,5-8,14H2,1-2H3. The number of aromatic nitrogens is 1. The average Bonchev–Trinajstić information content (AvgIpc) is 2.59. The van der Waals surface area contributed by atoms with E-state index < -0.39 is 0 Å². The minimum Gasteiger partial charge on any atom is -0.381 e. The lowest BCUT2D eigenvalue weighted by Gasteiger charge is -2.18. The van der Waals surface area contributed by atoms with Gasteiger partial charge < -0.3 is 11.1 Å². The molecule has 1 atom stereocenters. The Labute approximate surface area is 97.5 Å². The van der Waals surface area contributed by atoms with E-state index >= 15 is 0 Å². The summed E-state index contributed by atoms with van der Waals surface area (Å²) in [6.07, 6.45) is 5.68. The van der Waals surface area contributed by atoms with Crippen LogP contribution in [0, 0.1) is 5.41 Å². The van der Waals surface area contributed by atoms with E-state index in [9.17, 15) is 0 Å². The topological polar surface area (TPSA) is 50.9 Å². The molecule has 1 aliphatic rings. The van der Waals surface area contributed by atoms with Gasteiger partial charge in [-0.25, -0.2) is 0 Å². The third-order valence-corrected chi connectivity index (χ3v) is 3.37. The second-order valence-electron chi connectivity index (χ2n) is 5.49. The molecule has 0 spiro atoms. The van der Waals surface area contributed by atoms with Crippen LogP contribution in [-0.2, 0) is 6.54 Å². The maximum absolute atomic E-state index is 5.52. The quantitative estimate of drug-likeness (QED) is 0.821. The van der Waals surface area contributed by atoms with E-state index in [1.807, 2.05) is 12.3 Å². The Hall–Kier alpha value is -1.09. The third-order valence-electron chi connectivity index (χ3n) is 3.37. The summed E-state index contributed by atoms with van der Waals surface area (Å²) in [5, 5.41) is 3.54. The number of anilines is 1. The van der Waals surface area contributed by atoms with E-state index in [0.717, 1.165) is 11.4 Å². The van der Waals surface area contributed by atoms with Crippen molar-refractivity contribution in [2.24, 2.45) is 11.1 Å². The van der Waals surface area contributed by atoms with Crippen LogP contribution in [0.5, 0.6) is 0 Å². The highest BCUT2D eigenvalue weighted by atomic mass is 14.9. The summed E-state index contributed by atoms with van der Waals surface area (Å²) in [6, 6.07) is 4.66. The van der Waals surface area contributed by atoms with E-state index in [1.54, 1.807) is 0 Å². The minimum absolute atomic E-state index is 0.488. The number of nitrogens with one attached hydrogen (secondary N) is 1. The van der Waals surface area contributed by atoms with Crippen molar-refractivity contribution >= 4 is 5.69 Å². The average molecular weight is 219 g/mol. The first-order valence-corrected chi connectivity index (χ1v) is 6.01. The molecule has 16 heavy (non-hydrogen) atoms. The summed E-state index contributed by atoms with van der Waals surface area (Å²) in [5.74, 6) is 0. The fraction of sp³-hybridized carbons (Fsp3) is 0.615. The summed E-state index contributed by atoms with van der Waals surface area (Å²) in [7, 11) is 0. The summed E-state index contributed by atoms with van der Waals surface area (Å²) in [6.45, 7) is 5.19. The van der Waals surface area contributed by atoms with Crippen LogP contribution >= 0.6 is 0 Å². The Bertz CT molecular complexity index is 343. The molecular weight excluding hydrogens is 198 g/mol. The molecule has 1 heterocycles. The van der Waals surface area contributed by atoms with Gasteiger partial charge in [-0.3, -0.25) is 4.98 Å². The van der Waals surface area contributed by atoms with E-state index in [2.05, 4.69) is 30.2 Å². The van der Waals surface area contributed by atoms with Gasteiger partial charge in [-0.15, -0.1) is 0 Å². The molecule has 0 bridgehead atoms. The molecule has 1 saturated carbocycles. The Kier molecular flexibility index (Phi) is 3.15. The fourth-order valence-electron chi connectivity index (χ4n) is 2.43. The molecule has 2 rings (SSSR count). The number of pyridine rings is 1. The Morgan fingerprint density at radius 1 is 1.50 bits per heavy atom. The summed E-state index contributed by atoms with van der Waals surface area (Å²) in [5.41, 5.74) is 8.06. The summed E-state index contributed by atoms with van der Waals surface area (Å²) >= 11 is 0. The SMILES string of the molecule is CC1(C)CCC(Nc2ccc(CN)nc2)C1. The molecule has 1 unspecified atom stereocenters. The van der Waals surface area contributed by atoms with Crippen molar-refractivity contribution in [2.45, 2.75) is 45.7 Å². The van der Waals surface area contributed by atoms with Crippen molar-refractivity contribution < 1.29 is 0 Å². The first kappa shape index (κ1) is 11.4. The number of hydrogen-bond donors (Lipinski definition) is 2. The van der Waals surface area contributed by atoms with Crippen molar-refractivity contribution in [2.75, 3.05) is 5.32 Å². The molecule has 1 aromatic heterocycles. The summed E-state index contributed by atoms with van der Waals surface area (Å²) in [4.78, 5) is 4.29. The lowest BCUT2D eigenvalue weighted by molar-refractivity contribution is 0.378. The first-order valence-electron chi connectivity index (χ1n) is 6.01. The Morgan fingerprint density at radius 2 is 2.31 bits per heavy atom. The smallest absolute Gasteiger partial charge is 0.0541 e. The molecule has 0 saturated heterocycles. The highest BCUT2D eigenvalue weighted by Gasteiger charge is 2.30. The molecule has 0 amide bonds. The van der Waals surface area contributed by atoms with Gasteiger partial charge in [0, 0.05) is 12.6 Å². The van der Waals surface area contributed by atoms with E-state index in [0.29, 0.717) is 18.0 Å². The normalized spacial score (nSPS) is 23.3. The Morgan fingerprint density at radius 3 is 2.81 bits per heavy atom. The highest BCUT2D eigenvalue weighted by molar-refractivity contribution is 5.42. The van der Waals surface area contributed by atoms with Crippen molar-refractivity contribution in [1.29, 1.82) is 0 Å². The van der Waals surface area contributed by atoms with Crippen LogP contribution in [0.15, 0.2) is 18.3 Å². The van der Waals surface area contributed by atoms with Gasteiger partial charge in [-0.2, -0.15) is 0 Å². The molecule has 1 aromatic rings. The van der Waals surface area contributed by atoms with E-state index in [1.165, 1.54) is 19.3 Å². The zero-order valence-corrected chi connectivity index (χ0v) is 10.2. The van der Waals surface area contributed by atoms with Crippen LogP contribution < -0.4 is 11.1 Å². The molecular formula is C13H21N3. The number of nitrogens with two attached hydrogens (primary N) is 1. The summed E-state index contributed by atoms with van der Waals surface area (Å²) < 4.78 is 0. The molecule has 0 aliphatic heterocycles. The van der Waals surface area contributed by atoms with Gasteiger partial charge in [0.05, 0.1) is 17.6 Å². The van der Waals surface area contributed by atoms with E-state index in [4.69, 9.17) is 5.73 Å². The second kappa shape index (κ2) is 4.42. The van der Waals surface area contributed by atoms with Crippen LogP contribution in [0.4, 0.5) is 5.69 Å². The van der Waals surface area contributed by atoms with Gasteiger partial charge in [-0.1, -0.05) is 13.8 Å². The van der Waals surface area contributed by atoms with Crippen molar-refractivity contribution in [3.05, 3.63) is 24.0 Å². The zero-order valence-electron chi connectivity index (χ0n) is 10.2. The zero-order chi connectivity index (χ0) is 11.6. The van der Waals surface area contributed by atoms with Gasteiger partial charge >= 0.3 is 0 Å². The van der Waals surface area contributed by atoms with Crippen molar-refractivity contribution in [3.8, 4) is 0 Å². The Balaban J connectivity index is 1.94. The van der Waals surface area contributed by atoms with Crippen LogP contribution in [-0.4, -0.2) is 11.0 Å². The molecule has 1 aliphatic carbocycles. The van der Waals surface area contributed by atoms with Gasteiger partial charge in [0.15, 0.2) is 0 Å². The van der Waals surface area contributed by atoms with Crippen LogP contribution in [0.2, 0.25) is 0 Å². The van der Waals surface area contributed by atoms with Crippen LogP contribution in [0.3, 0.4) is 0 Å². The highest BCUT2D eigenvalue weighted by Crippen LogP contribution is 2.38. The predicted molar refractivity (Wildman–Crippen MR) is 67.2 cm³/mol. The van der Waals surface area contributed by atoms with Gasteiger partial charge in [0.25, 0.3) is 0 Å². The van der Waals surface area contributed by atoms with Crippen molar-refractivity contribution in [1.82, 2.24) is 4.98 Å². The number of rotatable bonds is 3. The van der Waals surface area contributed by atoms with E-state index in [-0.39, 0.29) is 0 Å². The largest absolute Gasteiger partial charge is 0.381 e. The van der Waals surface area contributed by atoms with Gasteiger partial charge in [-0.05, 0) is 36.8 Å². The fourth-order valence-corrected chi connectivity index (χ4v) is 2.43. The van der Waals surface area contributed by atoms with Crippen molar-refractivity contribution in [3.63, 3.8) is 0 Å². The lowest BCUT2D eigenvalue weighted by atomic mass is 9.92. The number of hydrogen-bond acceptors (Lipinski definition) is 3. The minimum atomic E-state index is 0.488. The maximum atomic E-state index is 5.52. The van der Waals surface area contributed by atoms with Crippen LogP contribution in [0.25, 0.3) is 0 Å². The van der Waals surface area contributed by atoms with Gasteiger partial charge in [0.2, 0.25) is 0 Å². The van der Waals surface area contributed by atoms with Crippen LogP contribution in [0.1, 0.15) is 38.8 Å². The molecule has 1 fully saturated rings.